The summed E-state index contributed by atoms with van der Waals surface area (Å²) in [5, 5.41) is 6.61. The summed E-state index contributed by atoms with van der Waals surface area (Å²) >= 11 is 0. The van der Waals surface area contributed by atoms with Gasteiger partial charge in [0.1, 0.15) is 5.69 Å². The zero-order valence-corrected chi connectivity index (χ0v) is 17.1. The van der Waals surface area contributed by atoms with E-state index in [0.29, 0.717) is 11.6 Å². The van der Waals surface area contributed by atoms with Crippen molar-refractivity contribution in [3.05, 3.63) is 29.7 Å². The second-order valence-corrected chi connectivity index (χ2v) is 8.69. The van der Waals surface area contributed by atoms with Gasteiger partial charge in [-0.1, -0.05) is 19.3 Å². The molecule has 2 aromatic heterocycles. The fourth-order valence-electron chi connectivity index (χ4n) is 4.54. The number of piperidine rings is 1. The predicted molar refractivity (Wildman–Crippen MR) is 110 cm³/mol. The van der Waals surface area contributed by atoms with Gasteiger partial charge in [0.15, 0.2) is 11.4 Å². The summed E-state index contributed by atoms with van der Waals surface area (Å²) in [6, 6.07) is 3.90. The van der Waals surface area contributed by atoms with Gasteiger partial charge in [-0.3, -0.25) is 9.20 Å². The minimum absolute atomic E-state index is 0.0566. The van der Waals surface area contributed by atoms with Crippen LogP contribution < -0.4 is 15.4 Å². The molecule has 2 aliphatic rings. The van der Waals surface area contributed by atoms with Gasteiger partial charge in [0, 0.05) is 11.7 Å². The molecule has 0 radical (unpaired) electrons. The Morgan fingerprint density at radius 3 is 2.82 bits per heavy atom. The lowest BCUT2D eigenvalue weighted by Gasteiger charge is -2.34. The van der Waals surface area contributed by atoms with Gasteiger partial charge in [-0.2, -0.15) is 0 Å². The van der Waals surface area contributed by atoms with E-state index >= 15 is 0 Å². The Bertz CT molecular complexity index is 832. The highest BCUT2D eigenvalue weighted by atomic mass is 16.5. The first kappa shape index (κ1) is 19.2. The van der Waals surface area contributed by atoms with Gasteiger partial charge in [0.2, 0.25) is 0 Å². The number of nitrogens with zero attached hydrogens (tertiary/aromatic N) is 2. The summed E-state index contributed by atoms with van der Waals surface area (Å²) in [5.41, 5.74) is 1.91. The van der Waals surface area contributed by atoms with Gasteiger partial charge >= 0.3 is 0 Å². The zero-order valence-electron chi connectivity index (χ0n) is 17.1. The average molecular weight is 385 g/mol. The van der Waals surface area contributed by atoms with Gasteiger partial charge in [-0.15, -0.1) is 0 Å². The lowest BCUT2D eigenvalue weighted by atomic mass is 9.90. The largest absolute Gasteiger partial charge is 0.489 e. The van der Waals surface area contributed by atoms with Crippen LogP contribution in [-0.4, -0.2) is 40.5 Å². The molecular formula is C22H32N4O2. The molecular weight excluding hydrogens is 352 g/mol. The number of pyridine rings is 1. The maximum atomic E-state index is 13.1. The number of aromatic nitrogens is 2. The number of imidazole rings is 1. The molecule has 0 atom stereocenters. The molecule has 2 fully saturated rings. The number of carbonyl (C=O) groups excluding carboxylic acids is 1. The second-order valence-electron chi connectivity index (χ2n) is 8.69. The lowest BCUT2D eigenvalue weighted by Crippen LogP contribution is -2.52. The maximum absolute atomic E-state index is 13.1. The number of hydrogen-bond acceptors (Lipinski definition) is 4. The average Bonchev–Trinajstić information content (AvgIpc) is 3.04. The van der Waals surface area contributed by atoms with E-state index in [1.54, 1.807) is 0 Å². The third-order valence-corrected chi connectivity index (χ3v) is 6.33. The van der Waals surface area contributed by atoms with Crippen LogP contribution in [0.1, 0.15) is 68.1 Å². The summed E-state index contributed by atoms with van der Waals surface area (Å²) < 4.78 is 8.03. The van der Waals surface area contributed by atoms with Crippen molar-refractivity contribution in [3.63, 3.8) is 0 Å². The first-order valence-electron chi connectivity index (χ1n) is 10.7. The van der Waals surface area contributed by atoms with E-state index in [1.165, 1.54) is 32.1 Å². The number of ether oxygens (including phenoxy) is 1. The Labute approximate surface area is 167 Å². The number of carbonyl (C=O) groups is 1. The second kappa shape index (κ2) is 8.11. The zero-order chi connectivity index (χ0) is 19.6. The topological polar surface area (TPSA) is 67.7 Å². The van der Waals surface area contributed by atoms with E-state index in [4.69, 9.17) is 4.74 Å². The van der Waals surface area contributed by atoms with Crippen LogP contribution in [0.25, 0.3) is 5.65 Å². The molecule has 1 saturated heterocycles. The van der Waals surface area contributed by atoms with Gasteiger partial charge in [0.25, 0.3) is 5.91 Å². The van der Waals surface area contributed by atoms with Crippen LogP contribution >= 0.6 is 0 Å². The fraction of sp³-hybridized carbons (Fsp3) is 0.636. The Kier molecular flexibility index (Phi) is 5.58. The summed E-state index contributed by atoms with van der Waals surface area (Å²) in [4.78, 5) is 17.8. The molecule has 0 bridgehead atoms. The summed E-state index contributed by atoms with van der Waals surface area (Å²) in [7, 11) is 0. The highest BCUT2D eigenvalue weighted by Gasteiger charge is 2.30. The highest BCUT2D eigenvalue weighted by Crippen LogP contribution is 2.27. The maximum Gasteiger partial charge on any atom is 0.270 e. The smallest absolute Gasteiger partial charge is 0.270 e. The Balaban J connectivity index is 1.54. The van der Waals surface area contributed by atoms with Gasteiger partial charge in [-0.25, -0.2) is 4.98 Å². The van der Waals surface area contributed by atoms with Crippen molar-refractivity contribution >= 4 is 11.6 Å². The fourth-order valence-corrected chi connectivity index (χ4v) is 4.54. The Morgan fingerprint density at radius 1 is 1.32 bits per heavy atom. The van der Waals surface area contributed by atoms with Crippen molar-refractivity contribution in [1.82, 2.24) is 20.0 Å². The molecule has 28 heavy (non-hydrogen) atoms. The van der Waals surface area contributed by atoms with Gasteiger partial charge in [-0.05, 0) is 70.7 Å². The van der Waals surface area contributed by atoms with Crippen LogP contribution in [0.5, 0.6) is 5.75 Å². The molecule has 3 heterocycles. The van der Waals surface area contributed by atoms with Gasteiger partial charge in [0.05, 0.1) is 12.3 Å². The first-order valence-corrected chi connectivity index (χ1v) is 10.7. The molecule has 0 aromatic carbocycles. The first-order chi connectivity index (χ1) is 13.6. The predicted octanol–water partition coefficient (Wildman–Crippen LogP) is 3.47. The summed E-state index contributed by atoms with van der Waals surface area (Å²) in [6.07, 6.45) is 10.2. The van der Waals surface area contributed by atoms with Crippen LogP contribution in [0.3, 0.4) is 0 Å². The molecule has 4 rings (SSSR count). The van der Waals surface area contributed by atoms with Gasteiger partial charge < -0.3 is 15.4 Å². The van der Waals surface area contributed by atoms with Crippen LogP contribution in [0.2, 0.25) is 0 Å². The summed E-state index contributed by atoms with van der Waals surface area (Å²) in [5.74, 6) is 1.34. The third-order valence-electron chi connectivity index (χ3n) is 6.33. The van der Waals surface area contributed by atoms with E-state index in [0.717, 1.165) is 49.6 Å². The normalized spacial score (nSPS) is 20.2. The summed E-state index contributed by atoms with van der Waals surface area (Å²) in [6.45, 7) is 6.63. The van der Waals surface area contributed by atoms with E-state index in [2.05, 4.69) is 22.5 Å². The van der Waals surface area contributed by atoms with Crippen molar-refractivity contribution < 1.29 is 9.53 Å². The highest BCUT2D eigenvalue weighted by molar-refractivity contribution is 5.95. The molecule has 1 amide bonds. The van der Waals surface area contributed by atoms with Crippen molar-refractivity contribution in [3.8, 4) is 5.75 Å². The number of rotatable bonds is 5. The quantitative estimate of drug-likeness (QED) is 0.828. The number of aryl methyl sites for hydroxylation is 1. The SMILES string of the molecule is Cc1nc2c(OCC3CCCCC3)cccn2c1C(=O)NC1(C)CCNCC1. The van der Waals surface area contributed by atoms with E-state index in [-0.39, 0.29) is 11.4 Å². The van der Waals surface area contributed by atoms with Crippen LogP contribution in [0, 0.1) is 12.8 Å². The van der Waals surface area contributed by atoms with Crippen molar-refractivity contribution in [2.24, 2.45) is 5.92 Å². The molecule has 1 aliphatic heterocycles. The molecule has 152 valence electrons. The van der Waals surface area contributed by atoms with Crippen molar-refractivity contribution in [2.75, 3.05) is 19.7 Å². The molecule has 0 spiro atoms. The number of amides is 1. The van der Waals surface area contributed by atoms with E-state index in [1.807, 2.05) is 29.7 Å². The Hall–Kier alpha value is -2.08. The van der Waals surface area contributed by atoms with Crippen molar-refractivity contribution in [1.29, 1.82) is 0 Å². The van der Waals surface area contributed by atoms with Crippen LogP contribution in [0.4, 0.5) is 0 Å². The molecule has 6 heteroatoms. The van der Waals surface area contributed by atoms with Crippen LogP contribution in [0.15, 0.2) is 18.3 Å². The molecule has 2 aromatic rings. The van der Waals surface area contributed by atoms with Crippen molar-refractivity contribution in [2.45, 2.75) is 64.3 Å². The Morgan fingerprint density at radius 2 is 2.07 bits per heavy atom. The van der Waals surface area contributed by atoms with E-state index < -0.39 is 0 Å². The lowest BCUT2D eigenvalue weighted by molar-refractivity contribution is 0.0880. The molecule has 6 nitrogen and oxygen atoms in total. The van der Waals surface area contributed by atoms with Crippen LogP contribution in [-0.2, 0) is 0 Å². The standard InChI is InChI=1S/C22H32N4O2/c1-16-19(21(27)25-22(2)10-12-23-13-11-22)26-14-6-9-18(20(26)24-16)28-15-17-7-4-3-5-8-17/h6,9,14,17,23H,3-5,7-8,10-13,15H2,1-2H3,(H,25,27). The minimum Gasteiger partial charge on any atom is -0.489 e. The molecule has 0 unspecified atom stereocenters. The molecule has 2 N–H and O–H groups in total. The monoisotopic (exact) mass is 384 g/mol. The van der Waals surface area contributed by atoms with E-state index in [9.17, 15) is 4.79 Å². The minimum atomic E-state index is -0.173. The third kappa shape index (κ3) is 4.02. The molecule has 1 aliphatic carbocycles. The number of fused-ring (bicyclic) bond motifs is 1. The molecule has 1 saturated carbocycles. The number of hydrogen-bond donors (Lipinski definition) is 2. The number of nitrogens with one attached hydrogen (secondary N) is 2.